The lowest BCUT2D eigenvalue weighted by atomic mass is 10.0. The molecule has 0 saturated carbocycles. The number of hydrogen-bond acceptors (Lipinski definition) is 2. The second-order valence-corrected chi connectivity index (χ2v) is 4.94. The fraction of sp³-hybridized carbons (Fsp3) is 0.200. The molecule has 100 valence electrons. The van der Waals surface area contributed by atoms with Crippen LogP contribution in [0.1, 0.15) is 17.2 Å². The van der Waals surface area contributed by atoms with E-state index in [1.807, 2.05) is 25.1 Å². The van der Waals surface area contributed by atoms with Crippen LogP contribution in [0.2, 0.25) is 5.02 Å². The van der Waals surface area contributed by atoms with Gasteiger partial charge in [0, 0.05) is 17.3 Å². The molecule has 1 unspecified atom stereocenters. The largest absolute Gasteiger partial charge is 0.377 e. The summed E-state index contributed by atoms with van der Waals surface area (Å²) in [5, 5.41) is 3.57. The van der Waals surface area contributed by atoms with Gasteiger partial charge in [-0.25, -0.2) is 4.39 Å². The highest BCUT2D eigenvalue weighted by Crippen LogP contribution is 2.23. The van der Waals surface area contributed by atoms with Crippen LogP contribution < -0.4 is 11.1 Å². The summed E-state index contributed by atoms with van der Waals surface area (Å²) in [6.45, 7) is 2.44. The molecule has 1 atom stereocenters. The lowest BCUT2D eigenvalue weighted by Crippen LogP contribution is -2.20. The Balaban J connectivity index is 2.23. The summed E-state index contributed by atoms with van der Waals surface area (Å²) in [6, 6.07) is 12.4. The SMILES string of the molecule is Cc1cccc(C(CN)Nc2cc(F)cc(Cl)c2)c1. The monoisotopic (exact) mass is 278 g/mol. The number of nitrogens with two attached hydrogens (primary N) is 1. The average molecular weight is 279 g/mol. The lowest BCUT2D eigenvalue weighted by molar-refractivity contribution is 0.627. The molecular weight excluding hydrogens is 263 g/mol. The van der Waals surface area contributed by atoms with E-state index in [4.69, 9.17) is 17.3 Å². The van der Waals surface area contributed by atoms with Crippen LogP contribution in [0.3, 0.4) is 0 Å². The Bertz CT molecular complexity index is 552. The Morgan fingerprint density at radius 1 is 1.26 bits per heavy atom. The molecule has 0 aliphatic rings. The summed E-state index contributed by atoms with van der Waals surface area (Å²) in [5.41, 5.74) is 8.65. The number of hydrogen-bond donors (Lipinski definition) is 2. The minimum absolute atomic E-state index is 0.0715. The fourth-order valence-corrected chi connectivity index (χ4v) is 2.23. The third-order valence-corrected chi connectivity index (χ3v) is 3.10. The van der Waals surface area contributed by atoms with Gasteiger partial charge in [-0.15, -0.1) is 0 Å². The van der Waals surface area contributed by atoms with Gasteiger partial charge in [-0.1, -0.05) is 41.4 Å². The molecule has 2 rings (SSSR count). The maximum atomic E-state index is 13.3. The van der Waals surface area contributed by atoms with Gasteiger partial charge in [-0.05, 0) is 30.7 Å². The molecule has 3 N–H and O–H groups in total. The van der Waals surface area contributed by atoms with Crippen LogP contribution >= 0.6 is 11.6 Å². The van der Waals surface area contributed by atoms with Gasteiger partial charge in [-0.3, -0.25) is 0 Å². The third-order valence-electron chi connectivity index (χ3n) is 2.88. The van der Waals surface area contributed by atoms with Gasteiger partial charge in [0.15, 0.2) is 0 Å². The van der Waals surface area contributed by atoms with Crippen LogP contribution in [0.5, 0.6) is 0 Å². The highest BCUT2D eigenvalue weighted by Gasteiger charge is 2.10. The van der Waals surface area contributed by atoms with E-state index in [1.165, 1.54) is 12.1 Å². The van der Waals surface area contributed by atoms with Crippen molar-refractivity contribution in [3.63, 3.8) is 0 Å². The number of anilines is 1. The Labute approximate surface area is 117 Å². The van der Waals surface area contributed by atoms with Crippen LogP contribution in [0, 0.1) is 12.7 Å². The van der Waals surface area contributed by atoms with E-state index in [-0.39, 0.29) is 11.9 Å². The molecule has 0 aliphatic carbocycles. The molecule has 4 heteroatoms. The van der Waals surface area contributed by atoms with Crippen molar-refractivity contribution in [3.05, 3.63) is 64.4 Å². The van der Waals surface area contributed by atoms with Gasteiger partial charge in [0.2, 0.25) is 0 Å². The molecular formula is C15H16ClFN2. The van der Waals surface area contributed by atoms with Crippen molar-refractivity contribution in [1.29, 1.82) is 0 Å². The second kappa shape index (κ2) is 6.04. The maximum Gasteiger partial charge on any atom is 0.126 e. The normalized spacial score (nSPS) is 12.2. The average Bonchev–Trinajstić information content (AvgIpc) is 2.34. The van der Waals surface area contributed by atoms with Crippen molar-refractivity contribution >= 4 is 17.3 Å². The van der Waals surface area contributed by atoms with Crippen LogP contribution in [-0.2, 0) is 0 Å². The topological polar surface area (TPSA) is 38.0 Å². The quantitative estimate of drug-likeness (QED) is 0.890. The van der Waals surface area contributed by atoms with E-state index in [1.54, 1.807) is 6.07 Å². The number of halogens is 2. The summed E-state index contributed by atoms with van der Waals surface area (Å²) < 4.78 is 13.3. The Kier molecular flexibility index (Phi) is 4.40. The fourth-order valence-electron chi connectivity index (χ4n) is 2.00. The first kappa shape index (κ1) is 13.8. The molecule has 2 nitrogen and oxygen atoms in total. The van der Waals surface area contributed by atoms with Gasteiger partial charge in [0.25, 0.3) is 0 Å². The zero-order valence-electron chi connectivity index (χ0n) is 10.7. The van der Waals surface area contributed by atoms with E-state index in [0.717, 1.165) is 11.1 Å². The smallest absolute Gasteiger partial charge is 0.126 e. The Hall–Kier alpha value is -1.58. The van der Waals surface area contributed by atoms with Gasteiger partial charge in [0.05, 0.1) is 6.04 Å². The van der Waals surface area contributed by atoms with E-state index >= 15 is 0 Å². The van der Waals surface area contributed by atoms with Gasteiger partial charge in [-0.2, -0.15) is 0 Å². The molecule has 0 aromatic heterocycles. The van der Waals surface area contributed by atoms with Crippen LogP contribution in [-0.4, -0.2) is 6.54 Å². The minimum atomic E-state index is -0.366. The minimum Gasteiger partial charge on any atom is -0.377 e. The zero-order chi connectivity index (χ0) is 13.8. The van der Waals surface area contributed by atoms with Crippen LogP contribution in [0.4, 0.5) is 10.1 Å². The van der Waals surface area contributed by atoms with Gasteiger partial charge >= 0.3 is 0 Å². The molecule has 0 saturated heterocycles. The molecule has 2 aromatic rings. The van der Waals surface area contributed by atoms with Crippen molar-refractivity contribution in [1.82, 2.24) is 0 Å². The van der Waals surface area contributed by atoms with E-state index in [2.05, 4.69) is 11.4 Å². The second-order valence-electron chi connectivity index (χ2n) is 4.50. The molecule has 0 amide bonds. The highest BCUT2D eigenvalue weighted by molar-refractivity contribution is 6.30. The zero-order valence-corrected chi connectivity index (χ0v) is 11.4. The summed E-state index contributed by atoms with van der Waals surface area (Å²) in [5.74, 6) is -0.366. The molecule has 19 heavy (non-hydrogen) atoms. The first-order valence-electron chi connectivity index (χ1n) is 6.08. The molecule has 0 fully saturated rings. The molecule has 0 spiro atoms. The number of nitrogens with one attached hydrogen (secondary N) is 1. The molecule has 2 aromatic carbocycles. The van der Waals surface area contributed by atoms with Crippen molar-refractivity contribution in [2.45, 2.75) is 13.0 Å². The van der Waals surface area contributed by atoms with Gasteiger partial charge in [0.1, 0.15) is 5.82 Å². The van der Waals surface area contributed by atoms with Crippen molar-refractivity contribution in [3.8, 4) is 0 Å². The molecule has 0 aliphatic heterocycles. The summed E-state index contributed by atoms with van der Waals surface area (Å²) in [6.07, 6.45) is 0. The van der Waals surface area contributed by atoms with Crippen LogP contribution in [0.15, 0.2) is 42.5 Å². The first-order valence-corrected chi connectivity index (χ1v) is 6.45. The Morgan fingerprint density at radius 2 is 2.05 bits per heavy atom. The summed E-state index contributed by atoms with van der Waals surface area (Å²) in [4.78, 5) is 0. The molecule has 0 radical (unpaired) electrons. The standard InChI is InChI=1S/C15H16ClFN2/c1-10-3-2-4-11(5-10)15(9-18)19-14-7-12(16)6-13(17)8-14/h2-8,15,19H,9,18H2,1H3. The lowest BCUT2D eigenvalue weighted by Gasteiger charge is -2.19. The molecule has 0 heterocycles. The number of rotatable bonds is 4. The third kappa shape index (κ3) is 3.69. The first-order chi connectivity index (χ1) is 9.08. The number of benzene rings is 2. The van der Waals surface area contributed by atoms with E-state index in [9.17, 15) is 4.39 Å². The maximum absolute atomic E-state index is 13.3. The summed E-state index contributed by atoms with van der Waals surface area (Å²) >= 11 is 5.84. The predicted molar refractivity (Wildman–Crippen MR) is 78.0 cm³/mol. The van der Waals surface area contributed by atoms with E-state index < -0.39 is 0 Å². The summed E-state index contributed by atoms with van der Waals surface area (Å²) in [7, 11) is 0. The van der Waals surface area contributed by atoms with E-state index in [0.29, 0.717) is 17.3 Å². The van der Waals surface area contributed by atoms with Crippen molar-refractivity contribution in [2.75, 3.05) is 11.9 Å². The number of aryl methyl sites for hydroxylation is 1. The molecule has 0 bridgehead atoms. The predicted octanol–water partition coefficient (Wildman–Crippen LogP) is 3.90. The highest BCUT2D eigenvalue weighted by atomic mass is 35.5. The Morgan fingerprint density at radius 3 is 2.68 bits per heavy atom. The van der Waals surface area contributed by atoms with Crippen molar-refractivity contribution < 1.29 is 4.39 Å². The van der Waals surface area contributed by atoms with Crippen molar-refractivity contribution in [2.24, 2.45) is 5.73 Å². The van der Waals surface area contributed by atoms with Gasteiger partial charge < -0.3 is 11.1 Å². The van der Waals surface area contributed by atoms with Crippen LogP contribution in [0.25, 0.3) is 0 Å².